The average molecular weight is 220 g/mol. The van der Waals surface area contributed by atoms with Crippen molar-refractivity contribution in [3.8, 4) is 0 Å². The lowest BCUT2D eigenvalue weighted by atomic mass is 10.1. The Morgan fingerprint density at radius 1 is 1.50 bits per heavy atom. The van der Waals surface area contributed by atoms with Gasteiger partial charge in [-0.2, -0.15) is 11.8 Å². The highest BCUT2D eigenvalue weighted by Gasteiger charge is 2.13. The topological polar surface area (TPSA) is 38.5 Å². The van der Waals surface area contributed by atoms with Gasteiger partial charge >= 0.3 is 0 Å². The molecule has 0 rings (SSSR count). The third-order valence-corrected chi connectivity index (χ3v) is 2.96. The normalized spacial score (nSPS) is 13.5. The Balaban J connectivity index is 3.77. The quantitative estimate of drug-likeness (QED) is 0.630. The molecule has 0 bridgehead atoms. The summed E-state index contributed by atoms with van der Waals surface area (Å²) in [5, 5.41) is 0. The minimum Gasteiger partial charge on any atom is -0.383 e. The highest BCUT2D eigenvalue weighted by Crippen LogP contribution is 2.06. The van der Waals surface area contributed by atoms with Crippen LogP contribution in [-0.4, -0.2) is 56.8 Å². The second kappa shape index (κ2) is 9.77. The summed E-state index contributed by atoms with van der Waals surface area (Å²) in [6, 6.07) is 0.524. The first-order valence-electron chi connectivity index (χ1n) is 5.14. The van der Waals surface area contributed by atoms with Crippen LogP contribution in [0.5, 0.6) is 0 Å². The Morgan fingerprint density at radius 2 is 2.21 bits per heavy atom. The van der Waals surface area contributed by atoms with Crippen LogP contribution in [0, 0.1) is 0 Å². The summed E-state index contributed by atoms with van der Waals surface area (Å²) in [4.78, 5) is 2.37. The molecule has 4 heteroatoms. The molecule has 0 saturated carbocycles. The predicted octanol–water partition coefficient (Wildman–Crippen LogP) is 1.04. The number of hydrogen-bond donors (Lipinski definition) is 1. The zero-order valence-electron chi connectivity index (χ0n) is 9.66. The van der Waals surface area contributed by atoms with E-state index in [9.17, 15) is 0 Å². The fourth-order valence-electron chi connectivity index (χ4n) is 1.39. The lowest BCUT2D eigenvalue weighted by Gasteiger charge is -2.27. The summed E-state index contributed by atoms with van der Waals surface area (Å²) < 4.78 is 5.21. The van der Waals surface area contributed by atoms with Crippen LogP contribution in [0.2, 0.25) is 0 Å². The number of methoxy groups -OCH3 is 1. The largest absolute Gasteiger partial charge is 0.383 e. The van der Waals surface area contributed by atoms with Gasteiger partial charge in [0.05, 0.1) is 6.61 Å². The average Bonchev–Trinajstić information content (AvgIpc) is 2.20. The first-order chi connectivity index (χ1) is 6.76. The van der Waals surface area contributed by atoms with Gasteiger partial charge in [0, 0.05) is 25.4 Å². The number of thioether (sulfide) groups is 1. The van der Waals surface area contributed by atoms with Crippen LogP contribution in [0.15, 0.2) is 0 Å². The molecule has 0 amide bonds. The van der Waals surface area contributed by atoms with Crippen LogP contribution in [-0.2, 0) is 4.74 Å². The summed E-state index contributed by atoms with van der Waals surface area (Å²) in [6.07, 6.45) is 4.35. The van der Waals surface area contributed by atoms with E-state index in [0.29, 0.717) is 6.04 Å². The maximum Gasteiger partial charge on any atom is 0.0617 e. The Morgan fingerprint density at radius 3 is 2.71 bits per heavy atom. The van der Waals surface area contributed by atoms with E-state index >= 15 is 0 Å². The second-order valence-corrected chi connectivity index (χ2v) is 4.50. The SMILES string of the molecule is COCC(CCCN)N(C)CCSC. The van der Waals surface area contributed by atoms with Crippen molar-refractivity contribution in [2.24, 2.45) is 5.73 Å². The van der Waals surface area contributed by atoms with Crippen LogP contribution in [0.25, 0.3) is 0 Å². The van der Waals surface area contributed by atoms with Gasteiger partial charge in [-0.05, 0) is 32.7 Å². The van der Waals surface area contributed by atoms with Crippen molar-refractivity contribution in [3.05, 3.63) is 0 Å². The first kappa shape index (κ1) is 14.2. The molecule has 0 heterocycles. The molecular weight excluding hydrogens is 196 g/mol. The van der Waals surface area contributed by atoms with Crippen molar-refractivity contribution in [2.75, 3.05) is 45.9 Å². The van der Waals surface area contributed by atoms with E-state index in [-0.39, 0.29) is 0 Å². The number of nitrogens with two attached hydrogens (primary N) is 1. The lowest BCUT2D eigenvalue weighted by molar-refractivity contribution is 0.104. The Hall–Kier alpha value is 0.230. The molecule has 0 fully saturated rings. The summed E-state index contributed by atoms with van der Waals surface area (Å²) in [5.41, 5.74) is 5.51. The Bertz CT molecular complexity index is 125. The van der Waals surface area contributed by atoms with Crippen LogP contribution in [0.4, 0.5) is 0 Å². The molecule has 0 radical (unpaired) electrons. The molecule has 0 spiro atoms. The second-order valence-electron chi connectivity index (χ2n) is 3.51. The van der Waals surface area contributed by atoms with Crippen molar-refractivity contribution in [1.29, 1.82) is 0 Å². The number of nitrogens with zero attached hydrogens (tertiary/aromatic N) is 1. The monoisotopic (exact) mass is 220 g/mol. The highest BCUT2D eigenvalue weighted by molar-refractivity contribution is 7.98. The van der Waals surface area contributed by atoms with Crippen molar-refractivity contribution >= 4 is 11.8 Å². The molecule has 0 aromatic heterocycles. The fourth-order valence-corrected chi connectivity index (χ4v) is 1.87. The lowest BCUT2D eigenvalue weighted by Crippen LogP contribution is -2.37. The number of likely N-dealkylation sites (N-methyl/N-ethyl adjacent to an activating group) is 1. The standard InChI is InChI=1S/C10H24N2OS/c1-12(7-8-14-3)10(9-13-2)5-4-6-11/h10H,4-9,11H2,1-3H3. The number of rotatable bonds is 9. The van der Waals surface area contributed by atoms with Crippen molar-refractivity contribution in [3.63, 3.8) is 0 Å². The molecule has 0 aromatic carbocycles. The van der Waals surface area contributed by atoms with Crippen LogP contribution >= 0.6 is 11.8 Å². The summed E-state index contributed by atoms with van der Waals surface area (Å²) in [7, 11) is 3.92. The third kappa shape index (κ3) is 6.65. The molecule has 1 unspecified atom stereocenters. The van der Waals surface area contributed by atoms with Gasteiger partial charge in [-0.15, -0.1) is 0 Å². The summed E-state index contributed by atoms with van der Waals surface area (Å²) in [5.74, 6) is 1.18. The third-order valence-electron chi connectivity index (χ3n) is 2.37. The van der Waals surface area contributed by atoms with Gasteiger partial charge in [-0.3, -0.25) is 0 Å². The van der Waals surface area contributed by atoms with Gasteiger partial charge < -0.3 is 15.4 Å². The predicted molar refractivity (Wildman–Crippen MR) is 65.0 cm³/mol. The van der Waals surface area contributed by atoms with E-state index in [2.05, 4.69) is 18.2 Å². The van der Waals surface area contributed by atoms with E-state index in [0.717, 1.165) is 32.5 Å². The Kier molecular flexibility index (Phi) is 9.93. The van der Waals surface area contributed by atoms with Crippen LogP contribution < -0.4 is 5.73 Å². The summed E-state index contributed by atoms with van der Waals surface area (Å²) >= 11 is 1.88. The molecular formula is C10H24N2OS. The van der Waals surface area contributed by atoms with Gasteiger partial charge in [-0.1, -0.05) is 0 Å². The zero-order chi connectivity index (χ0) is 10.8. The molecule has 0 aliphatic heterocycles. The maximum atomic E-state index is 5.51. The molecule has 3 nitrogen and oxygen atoms in total. The van der Waals surface area contributed by atoms with Gasteiger partial charge in [0.2, 0.25) is 0 Å². The first-order valence-corrected chi connectivity index (χ1v) is 6.53. The molecule has 0 saturated heterocycles. The van der Waals surface area contributed by atoms with Gasteiger partial charge in [0.15, 0.2) is 0 Å². The van der Waals surface area contributed by atoms with E-state index in [1.807, 2.05) is 11.8 Å². The smallest absolute Gasteiger partial charge is 0.0617 e. The molecule has 0 aromatic rings. The minimum absolute atomic E-state index is 0.524. The Labute approximate surface area is 92.4 Å². The molecule has 1 atom stereocenters. The van der Waals surface area contributed by atoms with Gasteiger partial charge in [0.1, 0.15) is 0 Å². The van der Waals surface area contributed by atoms with Crippen molar-refractivity contribution in [1.82, 2.24) is 4.90 Å². The number of hydrogen-bond acceptors (Lipinski definition) is 4. The van der Waals surface area contributed by atoms with Gasteiger partial charge in [0.25, 0.3) is 0 Å². The van der Waals surface area contributed by atoms with E-state index in [1.165, 1.54) is 5.75 Å². The van der Waals surface area contributed by atoms with E-state index in [1.54, 1.807) is 7.11 Å². The fraction of sp³-hybridized carbons (Fsp3) is 1.00. The molecule has 14 heavy (non-hydrogen) atoms. The highest BCUT2D eigenvalue weighted by atomic mass is 32.2. The molecule has 86 valence electrons. The minimum atomic E-state index is 0.524. The van der Waals surface area contributed by atoms with Crippen molar-refractivity contribution in [2.45, 2.75) is 18.9 Å². The maximum absolute atomic E-state index is 5.51. The number of ether oxygens (including phenoxy) is 1. The van der Waals surface area contributed by atoms with Crippen LogP contribution in [0.1, 0.15) is 12.8 Å². The molecule has 0 aliphatic carbocycles. The summed E-state index contributed by atoms with van der Waals surface area (Å²) in [6.45, 7) is 2.71. The van der Waals surface area contributed by atoms with Crippen LogP contribution in [0.3, 0.4) is 0 Å². The zero-order valence-corrected chi connectivity index (χ0v) is 10.5. The molecule has 2 N–H and O–H groups in total. The van der Waals surface area contributed by atoms with Crippen molar-refractivity contribution < 1.29 is 4.74 Å². The van der Waals surface area contributed by atoms with E-state index < -0.39 is 0 Å². The van der Waals surface area contributed by atoms with E-state index in [4.69, 9.17) is 10.5 Å². The van der Waals surface area contributed by atoms with Gasteiger partial charge in [-0.25, -0.2) is 0 Å². The molecule has 0 aliphatic rings.